The molecule has 3 aliphatic rings. The van der Waals surface area contributed by atoms with E-state index in [9.17, 15) is 23.1 Å². The van der Waals surface area contributed by atoms with Gasteiger partial charge in [-0.15, -0.1) is 0 Å². The van der Waals surface area contributed by atoms with Gasteiger partial charge in [0.15, 0.2) is 5.96 Å². The number of nitrogens with two attached hydrogens (primary N) is 2. The molecule has 0 aromatic rings. The van der Waals surface area contributed by atoms with E-state index in [-0.39, 0.29) is 42.2 Å². The number of sulfonamides is 1. The lowest BCUT2D eigenvalue weighted by molar-refractivity contribution is -0.137. The van der Waals surface area contributed by atoms with E-state index in [1.54, 1.807) is 0 Å². The first kappa shape index (κ1) is 26.7. The van der Waals surface area contributed by atoms with Gasteiger partial charge in [0, 0.05) is 18.0 Å². The monoisotopic (exact) mass is 499 g/mol. The second-order valence-corrected chi connectivity index (χ2v) is 12.3. The lowest BCUT2D eigenvalue weighted by atomic mass is 9.83. The molecule has 0 bridgehead atoms. The van der Waals surface area contributed by atoms with Crippen molar-refractivity contribution in [1.82, 2.24) is 10.0 Å². The zero-order valence-electron chi connectivity index (χ0n) is 20.0. The van der Waals surface area contributed by atoms with Crippen LogP contribution in [0, 0.1) is 11.8 Å². The summed E-state index contributed by atoms with van der Waals surface area (Å²) in [6.45, 7) is 0. The molecule has 0 spiro atoms. The van der Waals surface area contributed by atoms with Gasteiger partial charge in [0.2, 0.25) is 15.9 Å². The minimum absolute atomic E-state index is 0.0355. The van der Waals surface area contributed by atoms with E-state index in [1.165, 1.54) is 0 Å². The lowest BCUT2D eigenvalue weighted by Gasteiger charge is -2.34. The maximum absolute atomic E-state index is 13.2. The Labute approximate surface area is 202 Å². The summed E-state index contributed by atoms with van der Waals surface area (Å²) in [4.78, 5) is 28.5. The van der Waals surface area contributed by atoms with Crippen LogP contribution in [0.2, 0.25) is 0 Å². The summed E-state index contributed by atoms with van der Waals surface area (Å²) in [7, 11) is -3.70. The Morgan fingerprint density at radius 1 is 0.941 bits per heavy atom. The topological polar surface area (TPSA) is 177 Å². The molecule has 0 aliphatic heterocycles. The third kappa shape index (κ3) is 7.83. The highest BCUT2D eigenvalue weighted by Gasteiger charge is 2.37. The number of aliphatic imine (C=N–C) groups is 1. The van der Waals surface area contributed by atoms with E-state index in [4.69, 9.17) is 11.5 Å². The Hall–Kier alpha value is -1.88. The molecule has 0 heterocycles. The maximum Gasteiger partial charge on any atom is 0.304 e. The van der Waals surface area contributed by atoms with Crippen molar-refractivity contribution in [3.8, 4) is 0 Å². The first-order chi connectivity index (χ1) is 16.1. The van der Waals surface area contributed by atoms with Crippen LogP contribution in [0.4, 0.5) is 0 Å². The summed E-state index contributed by atoms with van der Waals surface area (Å²) < 4.78 is 29.3. The number of carboxylic acid groups (broad SMARTS) is 1. The Morgan fingerprint density at radius 2 is 1.65 bits per heavy atom. The minimum Gasteiger partial charge on any atom is -0.481 e. The van der Waals surface area contributed by atoms with Crippen LogP contribution < -0.4 is 21.5 Å². The lowest BCUT2D eigenvalue weighted by Crippen LogP contribution is -2.50. The second kappa shape index (κ2) is 12.2. The van der Waals surface area contributed by atoms with Crippen molar-refractivity contribution in [1.29, 1.82) is 0 Å². The molecule has 7 N–H and O–H groups in total. The van der Waals surface area contributed by atoms with E-state index >= 15 is 0 Å². The van der Waals surface area contributed by atoms with Gasteiger partial charge in [-0.25, -0.2) is 13.1 Å². The largest absolute Gasteiger partial charge is 0.481 e. The standard InChI is InChI=1S/C23H41N5O5S/c24-23(25)27-17-9-4-8-16(12-17)22(31)26-18-10-5-11-19(13-18)34(32,33)28-20(14-21(29)30)15-6-2-1-3-7-15/h15-20,28H,1-14H2,(H,26,31)(H,29,30)(H4,24,25,27). The summed E-state index contributed by atoms with van der Waals surface area (Å²) in [5.41, 5.74) is 11.0. The van der Waals surface area contributed by atoms with Crippen LogP contribution in [0.1, 0.15) is 89.9 Å². The van der Waals surface area contributed by atoms with Gasteiger partial charge in [-0.3, -0.25) is 14.6 Å². The van der Waals surface area contributed by atoms with Crippen molar-refractivity contribution in [3.05, 3.63) is 0 Å². The fraction of sp³-hybridized carbons (Fsp3) is 0.870. The van der Waals surface area contributed by atoms with Gasteiger partial charge >= 0.3 is 5.97 Å². The zero-order chi connectivity index (χ0) is 24.7. The summed E-state index contributed by atoms with van der Waals surface area (Å²) in [5.74, 6) is -1.13. The van der Waals surface area contributed by atoms with Gasteiger partial charge in [0.25, 0.3) is 0 Å². The zero-order valence-corrected chi connectivity index (χ0v) is 20.8. The molecule has 3 aliphatic carbocycles. The molecule has 3 saturated carbocycles. The number of nitrogens with zero attached hydrogens (tertiary/aromatic N) is 1. The highest BCUT2D eigenvalue weighted by Crippen LogP contribution is 2.31. The first-order valence-corrected chi connectivity index (χ1v) is 14.3. The van der Waals surface area contributed by atoms with Crippen molar-refractivity contribution in [2.45, 2.75) is 113 Å². The van der Waals surface area contributed by atoms with Gasteiger partial charge < -0.3 is 21.9 Å². The van der Waals surface area contributed by atoms with E-state index < -0.39 is 27.3 Å². The summed E-state index contributed by atoms with van der Waals surface area (Å²) in [6.07, 6.45) is 10.0. The molecule has 0 aromatic heterocycles. The van der Waals surface area contributed by atoms with Crippen molar-refractivity contribution < 1.29 is 23.1 Å². The number of nitrogens with one attached hydrogen (secondary N) is 2. The van der Waals surface area contributed by atoms with E-state index in [2.05, 4.69) is 15.0 Å². The summed E-state index contributed by atoms with van der Waals surface area (Å²) >= 11 is 0. The van der Waals surface area contributed by atoms with Crippen LogP contribution >= 0.6 is 0 Å². The quantitative estimate of drug-likeness (QED) is 0.236. The van der Waals surface area contributed by atoms with Gasteiger partial charge in [-0.2, -0.15) is 0 Å². The number of aliphatic carboxylic acids is 1. The smallest absolute Gasteiger partial charge is 0.304 e. The number of amides is 1. The SMILES string of the molecule is NC(N)=NC1CCCC(C(=O)NC2CCCC(S(=O)(=O)NC(CC(=O)O)C3CCCCC3)C2)C1. The molecule has 3 rings (SSSR count). The van der Waals surface area contributed by atoms with Crippen molar-refractivity contribution in [2.24, 2.45) is 28.3 Å². The summed E-state index contributed by atoms with van der Waals surface area (Å²) in [6, 6.07) is -0.838. The first-order valence-electron chi connectivity index (χ1n) is 12.8. The highest BCUT2D eigenvalue weighted by atomic mass is 32.2. The van der Waals surface area contributed by atoms with Crippen LogP contribution in [0.5, 0.6) is 0 Å². The molecule has 11 heteroatoms. The molecule has 0 saturated heterocycles. The van der Waals surface area contributed by atoms with Gasteiger partial charge in [0.05, 0.1) is 17.7 Å². The third-order valence-corrected chi connectivity index (χ3v) is 9.63. The second-order valence-electron chi connectivity index (χ2n) is 10.3. The molecule has 5 unspecified atom stereocenters. The third-order valence-electron chi connectivity index (χ3n) is 7.69. The average Bonchev–Trinajstić information content (AvgIpc) is 2.79. The van der Waals surface area contributed by atoms with Crippen molar-refractivity contribution in [3.63, 3.8) is 0 Å². The predicted molar refractivity (Wildman–Crippen MR) is 130 cm³/mol. The molecule has 3 fully saturated rings. The van der Waals surface area contributed by atoms with E-state index in [1.807, 2.05) is 0 Å². The normalized spacial score (nSPS) is 29.6. The molecule has 194 valence electrons. The predicted octanol–water partition coefficient (Wildman–Crippen LogP) is 1.59. The Balaban J connectivity index is 1.58. The molecule has 1 amide bonds. The van der Waals surface area contributed by atoms with Crippen LogP contribution in [-0.4, -0.2) is 54.7 Å². The molecule has 0 aromatic carbocycles. The number of guanidine groups is 1. The number of carbonyl (C=O) groups excluding carboxylic acids is 1. The molecular weight excluding hydrogens is 458 g/mol. The number of hydrogen-bond donors (Lipinski definition) is 5. The Kier molecular flexibility index (Phi) is 9.58. The fourth-order valence-corrected chi connectivity index (χ4v) is 7.80. The van der Waals surface area contributed by atoms with E-state index in [0.717, 1.165) is 57.8 Å². The molecule has 5 atom stereocenters. The van der Waals surface area contributed by atoms with Gasteiger partial charge in [0.1, 0.15) is 0 Å². The molecule has 34 heavy (non-hydrogen) atoms. The fourth-order valence-electron chi connectivity index (χ4n) is 5.94. The van der Waals surface area contributed by atoms with E-state index in [0.29, 0.717) is 25.7 Å². The minimum atomic E-state index is -3.70. The Bertz CT molecular complexity index is 839. The van der Waals surface area contributed by atoms with Crippen LogP contribution in [0.25, 0.3) is 0 Å². The molecule has 0 radical (unpaired) electrons. The van der Waals surface area contributed by atoms with Crippen LogP contribution in [0.15, 0.2) is 4.99 Å². The average molecular weight is 500 g/mol. The van der Waals surface area contributed by atoms with Crippen LogP contribution in [-0.2, 0) is 19.6 Å². The van der Waals surface area contributed by atoms with Crippen molar-refractivity contribution in [2.75, 3.05) is 0 Å². The van der Waals surface area contributed by atoms with Gasteiger partial charge in [-0.1, -0.05) is 32.1 Å². The number of carboxylic acids is 1. The maximum atomic E-state index is 13.2. The summed E-state index contributed by atoms with van der Waals surface area (Å²) in [5, 5.41) is 11.8. The molecular formula is C23H41N5O5S. The number of carbonyl (C=O) groups is 2. The van der Waals surface area contributed by atoms with Crippen molar-refractivity contribution >= 4 is 27.9 Å². The van der Waals surface area contributed by atoms with Crippen LogP contribution in [0.3, 0.4) is 0 Å². The number of rotatable bonds is 9. The van der Waals surface area contributed by atoms with Gasteiger partial charge in [-0.05, 0) is 57.3 Å². The number of hydrogen-bond acceptors (Lipinski definition) is 5. The highest BCUT2D eigenvalue weighted by molar-refractivity contribution is 7.90. The molecule has 10 nitrogen and oxygen atoms in total. The Morgan fingerprint density at radius 3 is 2.32 bits per heavy atom.